The first kappa shape index (κ1) is 17.0. The molecule has 0 aromatic heterocycles. The van der Waals surface area contributed by atoms with Crippen LogP contribution in [0.2, 0.25) is 0 Å². The molecule has 0 saturated carbocycles. The van der Waals surface area contributed by atoms with Gasteiger partial charge >= 0.3 is 0 Å². The van der Waals surface area contributed by atoms with Crippen molar-refractivity contribution in [1.82, 2.24) is 5.32 Å². The standard InChI is InChI=1S/C16H30N2O2/c1-2-20-18-15-11-9-7-5-3-4-6-8-10-12-16(19)17-14-13-15/h2-14H2,1H3,(H,17,19)/b18-15+. The molecule has 1 amide bonds. The summed E-state index contributed by atoms with van der Waals surface area (Å²) in [7, 11) is 0. The minimum Gasteiger partial charge on any atom is -0.396 e. The highest BCUT2D eigenvalue weighted by Crippen LogP contribution is 2.12. The molecule has 0 bridgehead atoms. The van der Waals surface area contributed by atoms with E-state index in [1.807, 2.05) is 6.92 Å². The molecule has 4 heteroatoms. The Kier molecular flexibility index (Phi) is 9.98. The molecule has 1 N–H and O–H groups in total. The van der Waals surface area contributed by atoms with Crippen molar-refractivity contribution in [3.8, 4) is 0 Å². The summed E-state index contributed by atoms with van der Waals surface area (Å²) in [5.74, 6) is 0.177. The van der Waals surface area contributed by atoms with E-state index >= 15 is 0 Å². The van der Waals surface area contributed by atoms with Crippen LogP contribution in [0.3, 0.4) is 0 Å². The van der Waals surface area contributed by atoms with Crippen molar-refractivity contribution < 1.29 is 9.63 Å². The summed E-state index contributed by atoms with van der Waals surface area (Å²) in [5, 5.41) is 7.16. The molecule has 116 valence electrons. The first-order valence-corrected chi connectivity index (χ1v) is 8.27. The highest BCUT2D eigenvalue weighted by atomic mass is 16.6. The van der Waals surface area contributed by atoms with Gasteiger partial charge in [-0.05, 0) is 26.2 Å². The largest absolute Gasteiger partial charge is 0.396 e. The van der Waals surface area contributed by atoms with Crippen molar-refractivity contribution >= 4 is 11.6 Å². The number of carbonyl (C=O) groups excluding carboxylic acids is 1. The monoisotopic (exact) mass is 282 g/mol. The normalized spacial score (nSPS) is 22.6. The number of rotatable bonds is 2. The number of oxime groups is 1. The average Bonchev–Trinajstić information content (AvgIpc) is 2.45. The Bertz CT molecular complexity index is 290. The van der Waals surface area contributed by atoms with Gasteiger partial charge in [0.15, 0.2) is 0 Å². The van der Waals surface area contributed by atoms with Crippen LogP contribution in [0.25, 0.3) is 0 Å². The van der Waals surface area contributed by atoms with E-state index in [1.54, 1.807) is 0 Å². The molecular formula is C16H30N2O2. The molecule has 1 rings (SSSR count). The second-order valence-electron chi connectivity index (χ2n) is 5.50. The lowest BCUT2D eigenvalue weighted by Crippen LogP contribution is -2.25. The van der Waals surface area contributed by atoms with Gasteiger partial charge in [-0.25, -0.2) is 0 Å². The summed E-state index contributed by atoms with van der Waals surface area (Å²) >= 11 is 0. The Hall–Kier alpha value is -1.06. The average molecular weight is 282 g/mol. The van der Waals surface area contributed by atoms with Gasteiger partial charge in [0.1, 0.15) is 6.61 Å². The molecule has 0 spiro atoms. The Morgan fingerprint density at radius 2 is 1.55 bits per heavy atom. The van der Waals surface area contributed by atoms with E-state index in [2.05, 4.69) is 10.5 Å². The Morgan fingerprint density at radius 1 is 0.950 bits per heavy atom. The van der Waals surface area contributed by atoms with Gasteiger partial charge in [-0.3, -0.25) is 4.79 Å². The molecule has 1 aliphatic rings. The smallest absolute Gasteiger partial charge is 0.220 e. The Labute approximate surface area is 123 Å². The lowest BCUT2D eigenvalue weighted by molar-refractivity contribution is -0.121. The Balaban J connectivity index is 2.40. The third kappa shape index (κ3) is 8.94. The fourth-order valence-corrected chi connectivity index (χ4v) is 2.48. The van der Waals surface area contributed by atoms with Crippen LogP contribution in [0, 0.1) is 0 Å². The van der Waals surface area contributed by atoms with E-state index in [1.165, 1.54) is 44.9 Å². The van der Waals surface area contributed by atoms with Gasteiger partial charge in [0.2, 0.25) is 5.91 Å². The minimum atomic E-state index is 0.177. The van der Waals surface area contributed by atoms with E-state index in [9.17, 15) is 4.79 Å². The molecular weight excluding hydrogens is 252 g/mol. The van der Waals surface area contributed by atoms with Crippen molar-refractivity contribution in [2.24, 2.45) is 5.16 Å². The molecule has 0 aromatic rings. The summed E-state index contributed by atoms with van der Waals surface area (Å²) in [6, 6.07) is 0. The van der Waals surface area contributed by atoms with Crippen LogP contribution in [-0.4, -0.2) is 24.8 Å². The zero-order valence-corrected chi connectivity index (χ0v) is 13.0. The molecule has 0 aromatic carbocycles. The van der Waals surface area contributed by atoms with E-state index in [4.69, 9.17) is 4.84 Å². The summed E-state index contributed by atoms with van der Waals surface area (Å²) < 4.78 is 0. The third-order valence-electron chi connectivity index (χ3n) is 3.68. The van der Waals surface area contributed by atoms with Crippen LogP contribution in [0.4, 0.5) is 0 Å². The molecule has 1 heterocycles. The lowest BCUT2D eigenvalue weighted by atomic mass is 10.0. The Morgan fingerprint density at radius 3 is 2.20 bits per heavy atom. The molecule has 20 heavy (non-hydrogen) atoms. The van der Waals surface area contributed by atoms with Gasteiger partial charge in [0, 0.05) is 19.4 Å². The van der Waals surface area contributed by atoms with E-state index in [-0.39, 0.29) is 5.91 Å². The predicted molar refractivity (Wildman–Crippen MR) is 82.9 cm³/mol. The zero-order chi connectivity index (χ0) is 14.5. The second-order valence-corrected chi connectivity index (χ2v) is 5.50. The van der Waals surface area contributed by atoms with Gasteiger partial charge in [-0.2, -0.15) is 0 Å². The van der Waals surface area contributed by atoms with E-state index in [0.29, 0.717) is 19.6 Å². The highest BCUT2D eigenvalue weighted by molar-refractivity contribution is 5.84. The maximum Gasteiger partial charge on any atom is 0.220 e. The summed E-state index contributed by atoms with van der Waals surface area (Å²) in [5.41, 5.74) is 1.09. The van der Waals surface area contributed by atoms with Gasteiger partial charge in [0.25, 0.3) is 0 Å². The van der Waals surface area contributed by atoms with Crippen molar-refractivity contribution in [2.45, 2.75) is 77.6 Å². The number of hydrogen-bond donors (Lipinski definition) is 1. The summed E-state index contributed by atoms with van der Waals surface area (Å²) in [6.07, 6.45) is 12.3. The lowest BCUT2D eigenvalue weighted by Gasteiger charge is -2.07. The van der Waals surface area contributed by atoms with Crippen molar-refractivity contribution in [2.75, 3.05) is 13.2 Å². The molecule has 4 nitrogen and oxygen atoms in total. The molecule has 1 saturated heterocycles. The number of nitrogens with one attached hydrogen (secondary N) is 1. The van der Waals surface area contributed by atoms with Gasteiger partial charge in [-0.15, -0.1) is 0 Å². The SMILES string of the molecule is CCO/N=C1\CCCCCCCCCCC(=O)NCC1. The van der Waals surface area contributed by atoms with Gasteiger partial charge in [0.05, 0.1) is 5.71 Å². The quantitative estimate of drug-likeness (QED) is 0.783. The van der Waals surface area contributed by atoms with Crippen LogP contribution in [0.1, 0.15) is 77.6 Å². The highest BCUT2D eigenvalue weighted by Gasteiger charge is 2.05. The van der Waals surface area contributed by atoms with Crippen molar-refractivity contribution in [3.63, 3.8) is 0 Å². The van der Waals surface area contributed by atoms with Crippen LogP contribution in [0.5, 0.6) is 0 Å². The third-order valence-corrected chi connectivity index (χ3v) is 3.68. The molecule has 0 radical (unpaired) electrons. The van der Waals surface area contributed by atoms with E-state index in [0.717, 1.165) is 25.0 Å². The van der Waals surface area contributed by atoms with Gasteiger partial charge < -0.3 is 10.2 Å². The number of amides is 1. The second kappa shape index (κ2) is 11.7. The maximum atomic E-state index is 11.7. The van der Waals surface area contributed by atoms with E-state index < -0.39 is 0 Å². The van der Waals surface area contributed by atoms with Crippen LogP contribution in [-0.2, 0) is 9.63 Å². The first-order valence-electron chi connectivity index (χ1n) is 8.27. The molecule has 1 fully saturated rings. The zero-order valence-electron chi connectivity index (χ0n) is 13.0. The minimum absolute atomic E-state index is 0.177. The first-order chi connectivity index (χ1) is 9.83. The van der Waals surface area contributed by atoms with Crippen molar-refractivity contribution in [3.05, 3.63) is 0 Å². The molecule has 0 aliphatic carbocycles. The van der Waals surface area contributed by atoms with Crippen LogP contribution >= 0.6 is 0 Å². The summed E-state index contributed by atoms with van der Waals surface area (Å²) in [4.78, 5) is 16.8. The number of hydrogen-bond acceptors (Lipinski definition) is 3. The summed E-state index contributed by atoms with van der Waals surface area (Å²) in [6.45, 7) is 3.24. The van der Waals surface area contributed by atoms with Crippen molar-refractivity contribution in [1.29, 1.82) is 0 Å². The maximum absolute atomic E-state index is 11.7. The predicted octanol–water partition coefficient (Wildman–Crippen LogP) is 3.80. The van der Waals surface area contributed by atoms with Crippen LogP contribution in [0.15, 0.2) is 5.16 Å². The fraction of sp³-hybridized carbons (Fsp3) is 0.875. The fourth-order valence-electron chi connectivity index (χ4n) is 2.48. The molecule has 1 aliphatic heterocycles. The van der Waals surface area contributed by atoms with Gasteiger partial charge in [-0.1, -0.05) is 43.7 Å². The molecule has 0 unspecified atom stereocenters. The number of nitrogens with zero attached hydrogens (tertiary/aromatic N) is 1. The number of carbonyl (C=O) groups is 1. The topological polar surface area (TPSA) is 50.7 Å². The molecule has 0 atom stereocenters. The van der Waals surface area contributed by atoms with Crippen LogP contribution < -0.4 is 5.32 Å².